The van der Waals surface area contributed by atoms with Gasteiger partial charge in [-0.1, -0.05) is 18.2 Å². The highest BCUT2D eigenvalue weighted by Crippen LogP contribution is 2.40. The van der Waals surface area contributed by atoms with Crippen molar-refractivity contribution >= 4 is 80.9 Å². The third kappa shape index (κ3) is 2.76. The van der Waals surface area contributed by atoms with Crippen molar-refractivity contribution in [2.24, 2.45) is 4.99 Å². The number of nitrogens with zero attached hydrogens (tertiary/aromatic N) is 1. The van der Waals surface area contributed by atoms with E-state index in [1.54, 1.807) is 0 Å². The molecule has 0 saturated carbocycles. The van der Waals surface area contributed by atoms with Gasteiger partial charge in [-0.25, -0.2) is 4.99 Å². The van der Waals surface area contributed by atoms with Gasteiger partial charge in [-0.2, -0.15) is 0 Å². The summed E-state index contributed by atoms with van der Waals surface area (Å²) >= 11 is 13.4. The van der Waals surface area contributed by atoms with Crippen molar-refractivity contribution in [1.29, 1.82) is 0 Å². The van der Waals surface area contributed by atoms with Crippen LogP contribution in [0.25, 0.3) is 0 Å². The predicted molar refractivity (Wildman–Crippen MR) is 88.3 cm³/mol. The Morgan fingerprint density at radius 2 is 1.33 bits per heavy atom. The van der Waals surface area contributed by atoms with Crippen LogP contribution in [0.2, 0.25) is 0 Å². The molecule has 0 aromatic heterocycles. The summed E-state index contributed by atoms with van der Waals surface area (Å²) in [5.41, 5.74) is 1.10. The van der Waals surface area contributed by atoms with Gasteiger partial charge in [0.05, 0.1) is 19.1 Å². The smallest absolute Gasteiger partial charge is 0.220 e. The van der Waals surface area contributed by atoms with Crippen LogP contribution in [0.4, 0.5) is 5.69 Å². The topological polar surface area (TPSA) is 29.4 Å². The lowest BCUT2D eigenvalue weighted by atomic mass is 10.1. The number of ketones is 1. The number of hydrogen-bond donors (Lipinski definition) is 0. The van der Waals surface area contributed by atoms with Crippen LogP contribution in [0.1, 0.15) is 0 Å². The van der Waals surface area contributed by atoms with Gasteiger partial charge < -0.3 is 0 Å². The largest absolute Gasteiger partial charge is 0.286 e. The molecule has 0 fully saturated rings. The molecule has 1 aromatic rings. The van der Waals surface area contributed by atoms with E-state index in [0.29, 0.717) is 19.2 Å². The number of carbonyl (C=O) groups is 1. The van der Waals surface area contributed by atoms with E-state index in [0.717, 1.165) is 10.2 Å². The lowest BCUT2D eigenvalue weighted by molar-refractivity contribution is -0.109. The summed E-state index contributed by atoms with van der Waals surface area (Å²) in [6.07, 6.45) is 0. The zero-order valence-corrected chi connectivity index (χ0v) is 15.1. The Hall–Kier alpha value is -0.0400. The fraction of sp³-hybridized carbons (Fsp3) is 0. The van der Waals surface area contributed by atoms with Gasteiger partial charge in [-0.05, 0) is 75.9 Å². The molecule has 0 spiro atoms. The maximum Gasteiger partial charge on any atom is 0.220 e. The average Bonchev–Trinajstić information content (AvgIpc) is 2.40. The van der Waals surface area contributed by atoms with E-state index < -0.39 is 0 Å². The SMILES string of the molecule is O=C1C(=Nc2ccccc2)C(Br)=C(Br)C(Br)=C1Br. The molecule has 0 atom stereocenters. The van der Waals surface area contributed by atoms with E-state index in [-0.39, 0.29) is 5.78 Å². The molecule has 92 valence electrons. The van der Waals surface area contributed by atoms with Gasteiger partial charge in [0.15, 0.2) is 0 Å². The second kappa shape index (κ2) is 5.94. The molecule has 0 N–H and O–H groups in total. The van der Waals surface area contributed by atoms with E-state index in [2.05, 4.69) is 68.7 Å². The first kappa shape index (κ1) is 14.4. The Morgan fingerprint density at radius 1 is 0.778 bits per heavy atom. The number of rotatable bonds is 1. The predicted octanol–water partition coefficient (Wildman–Crippen LogP) is 5.34. The van der Waals surface area contributed by atoms with Crippen LogP contribution in [-0.4, -0.2) is 11.5 Å². The van der Waals surface area contributed by atoms with E-state index in [1.165, 1.54) is 0 Å². The summed E-state index contributed by atoms with van der Waals surface area (Å²) in [6.45, 7) is 0. The number of allylic oxidation sites excluding steroid dienone is 4. The highest BCUT2D eigenvalue weighted by atomic mass is 79.9. The second-order valence-corrected chi connectivity index (χ2v) is 6.55. The molecule has 2 nitrogen and oxygen atoms in total. The monoisotopic (exact) mass is 495 g/mol. The number of benzene rings is 1. The zero-order valence-electron chi connectivity index (χ0n) is 8.75. The number of carbonyl (C=O) groups excluding carboxylic acids is 1. The number of halogens is 4. The fourth-order valence-electron chi connectivity index (χ4n) is 1.33. The van der Waals surface area contributed by atoms with Crippen LogP contribution in [0.15, 0.2) is 53.3 Å². The first-order chi connectivity index (χ1) is 8.52. The van der Waals surface area contributed by atoms with E-state index >= 15 is 0 Å². The lowest BCUT2D eigenvalue weighted by Crippen LogP contribution is -2.19. The standard InChI is InChI=1S/C12H5Br4NO/c13-7-8(14)10(16)12(18)11(9(7)15)17-6-4-2-1-3-5-6/h1-5H. The molecule has 1 aliphatic rings. The van der Waals surface area contributed by atoms with E-state index in [9.17, 15) is 4.79 Å². The molecule has 1 aliphatic carbocycles. The van der Waals surface area contributed by atoms with Crippen LogP contribution in [0.3, 0.4) is 0 Å². The highest BCUT2D eigenvalue weighted by molar-refractivity contribution is 9.17. The second-order valence-electron chi connectivity index (χ2n) is 3.38. The molecule has 2 rings (SSSR count). The minimum absolute atomic E-state index is 0.166. The number of Topliss-reactive ketones (excluding diaryl/α,β-unsaturated/α-hetero) is 1. The Balaban J connectivity index is 2.54. The van der Waals surface area contributed by atoms with Gasteiger partial charge in [-0.3, -0.25) is 4.79 Å². The Morgan fingerprint density at radius 3 is 1.94 bits per heavy atom. The van der Waals surface area contributed by atoms with E-state index in [4.69, 9.17) is 0 Å². The number of para-hydroxylation sites is 1. The first-order valence-electron chi connectivity index (χ1n) is 4.82. The van der Waals surface area contributed by atoms with Crippen LogP contribution < -0.4 is 0 Å². The minimum atomic E-state index is -0.166. The third-order valence-corrected chi connectivity index (χ3v) is 6.91. The van der Waals surface area contributed by atoms with Crippen molar-refractivity contribution in [2.75, 3.05) is 0 Å². The lowest BCUT2D eigenvalue weighted by Gasteiger charge is -2.14. The van der Waals surface area contributed by atoms with Gasteiger partial charge >= 0.3 is 0 Å². The molecule has 0 heterocycles. The molecule has 0 saturated heterocycles. The third-order valence-electron chi connectivity index (χ3n) is 2.20. The summed E-state index contributed by atoms with van der Waals surface area (Å²) in [5, 5.41) is 0. The molecule has 18 heavy (non-hydrogen) atoms. The van der Waals surface area contributed by atoms with Crippen molar-refractivity contribution < 1.29 is 4.79 Å². The quantitative estimate of drug-likeness (QED) is 0.480. The van der Waals surface area contributed by atoms with Crippen molar-refractivity contribution in [1.82, 2.24) is 0 Å². The van der Waals surface area contributed by atoms with Crippen LogP contribution in [-0.2, 0) is 4.79 Å². The highest BCUT2D eigenvalue weighted by Gasteiger charge is 2.29. The Kier molecular flexibility index (Phi) is 4.75. The van der Waals surface area contributed by atoms with Crippen LogP contribution in [0, 0.1) is 0 Å². The maximum atomic E-state index is 12.1. The molecule has 0 aliphatic heterocycles. The van der Waals surface area contributed by atoms with Gasteiger partial charge in [0, 0.05) is 4.48 Å². The zero-order chi connectivity index (χ0) is 13.3. The number of aliphatic imine (C=N–C) groups is 1. The van der Waals surface area contributed by atoms with Gasteiger partial charge in [-0.15, -0.1) is 0 Å². The minimum Gasteiger partial charge on any atom is -0.286 e. The summed E-state index contributed by atoms with van der Waals surface area (Å²) in [6, 6.07) is 9.34. The van der Waals surface area contributed by atoms with Crippen molar-refractivity contribution in [3.63, 3.8) is 0 Å². The number of hydrogen-bond acceptors (Lipinski definition) is 2. The molecular weight excluding hydrogens is 494 g/mol. The Labute approximate surface area is 138 Å². The van der Waals surface area contributed by atoms with Crippen LogP contribution in [0.5, 0.6) is 0 Å². The van der Waals surface area contributed by atoms with Gasteiger partial charge in [0.1, 0.15) is 5.71 Å². The molecule has 1 aromatic carbocycles. The normalized spacial score (nSPS) is 18.9. The average molecular weight is 499 g/mol. The Bertz CT molecular complexity index is 602. The molecule has 0 unspecified atom stereocenters. The summed E-state index contributed by atoms with van der Waals surface area (Å²) in [5.74, 6) is -0.166. The van der Waals surface area contributed by atoms with Crippen molar-refractivity contribution in [2.45, 2.75) is 0 Å². The maximum absolute atomic E-state index is 12.1. The molecule has 0 radical (unpaired) electrons. The summed E-state index contributed by atoms with van der Waals surface area (Å²) in [7, 11) is 0. The molecule has 6 heteroatoms. The van der Waals surface area contributed by atoms with Crippen molar-refractivity contribution in [3.05, 3.63) is 48.3 Å². The van der Waals surface area contributed by atoms with Gasteiger partial charge in [0.2, 0.25) is 5.78 Å². The molecule has 0 amide bonds. The fourth-order valence-corrected chi connectivity index (χ4v) is 3.48. The molecular formula is C12H5Br4NO. The summed E-state index contributed by atoms with van der Waals surface area (Å²) < 4.78 is 2.51. The van der Waals surface area contributed by atoms with E-state index in [1.807, 2.05) is 30.3 Å². The molecule has 0 bridgehead atoms. The summed E-state index contributed by atoms with van der Waals surface area (Å²) in [4.78, 5) is 16.5. The van der Waals surface area contributed by atoms with Gasteiger partial charge in [0.25, 0.3) is 0 Å². The first-order valence-corrected chi connectivity index (χ1v) is 7.99. The van der Waals surface area contributed by atoms with Crippen molar-refractivity contribution in [3.8, 4) is 0 Å². The van der Waals surface area contributed by atoms with Crippen LogP contribution >= 0.6 is 63.7 Å².